The van der Waals surface area contributed by atoms with Crippen molar-refractivity contribution >= 4 is 38.3 Å². The first-order chi connectivity index (χ1) is 12.5. The van der Waals surface area contributed by atoms with Gasteiger partial charge in [0.15, 0.2) is 0 Å². The molecule has 0 aliphatic heterocycles. The van der Waals surface area contributed by atoms with E-state index in [2.05, 4.69) is 43.6 Å². The molecule has 2 aromatic rings. The lowest BCUT2D eigenvalue weighted by molar-refractivity contribution is -0.138. The van der Waals surface area contributed by atoms with Gasteiger partial charge in [-0.2, -0.15) is 0 Å². The lowest BCUT2D eigenvalue weighted by Crippen LogP contribution is -2.57. The Hall–Kier alpha value is -1.27. The molecular formula is C20H22BrN3OS. The molecule has 1 amide bonds. The Morgan fingerprint density at radius 3 is 2.58 bits per heavy atom. The Morgan fingerprint density at radius 2 is 1.88 bits per heavy atom. The average molecular weight is 432 g/mol. The maximum atomic E-state index is 13.2. The third-order valence-electron chi connectivity index (χ3n) is 6.36. The molecule has 0 saturated heterocycles. The van der Waals surface area contributed by atoms with Crippen LogP contribution in [-0.2, 0) is 11.2 Å². The summed E-state index contributed by atoms with van der Waals surface area (Å²) in [5.41, 5.74) is 1.00. The normalized spacial score (nSPS) is 34.8. The van der Waals surface area contributed by atoms with E-state index in [-0.39, 0.29) is 15.6 Å². The molecule has 4 aliphatic carbocycles. The Kier molecular flexibility index (Phi) is 3.98. The first kappa shape index (κ1) is 16.9. The highest BCUT2D eigenvalue weighted by Gasteiger charge is 2.59. The van der Waals surface area contributed by atoms with Gasteiger partial charge in [-0.05, 0) is 55.9 Å². The minimum Gasteiger partial charge on any atom is -0.300 e. The van der Waals surface area contributed by atoms with Crippen LogP contribution in [0, 0.1) is 17.3 Å². The molecule has 6 rings (SSSR count). The molecule has 1 aromatic heterocycles. The third-order valence-corrected chi connectivity index (χ3v) is 8.12. The number of nitrogens with zero attached hydrogens (tertiary/aromatic N) is 2. The van der Waals surface area contributed by atoms with Crippen LogP contribution in [0.2, 0.25) is 0 Å². The predicted molar refractivity (Wildman–Crippen MR) is 107 cm³/mol. The Balaban J connectivity index is 1.30. The van der Waals surface area contributed by atoms with Gasteiger partial charge in [-0.1, -0.05) is 57.6 Å². The van der Waals surface area contributed by atoms with E-state index in [0.717, 1.165) is 30.7 Å². The van der Waals surface area contributed by atoms with Crippen molar-refractivity contribution in [2.45, 2.75) is 49.3 Å². The summed E-state index contributed by atoms with van der Waals surface area (Å²) in [5, 5.41) is 13.2. The fourth-order valence-corrected chi connectivity index (χ4v) is 8.01. The number of alkyl halides is 1. The Labute approximate surface area is 165 Å². The first-order valence-electron chi connectivity index (χ1n) is 9.39. The molecule has 2 unspecified atom stereocenters. The highest BCUT2D eigenvalue weighted by Crippen LogP contribution is 2.64. The zero-order valence-corrected chi connectivity index (χ0v) is 17.0. The number of hydrogen-bond acceptors (Lipinski definition) is 4. The number of halogens is 1. The van der Waals surface area contributed by atoms with Crippen molar-refractivity contribution in [3.05, 3.63) is 40.9 Å². The maximum absolute atomic E-state index is 13.2. The van der Waals surface area contributed by atoms with Gasteiger partial charge in [0.25, 0.3) is 0 Å². The minimum absolute atomic E-state index is 0.165. The van der Waals surface area contributed by atoms with E-state index >= 15 is 0 Å². The molecule has 4 nitrogen and oxygen atoms in total. The van der Waals surface area contributed by atoms with Gasteiger partial charge in [-0.15, -0.1) is 10.2 Å². The number of benzene rings is 1. The molecule has 0 radical (unpaired) electrons. The van der Waals surface area contributed by atoms with Crippen molar-refractivity contribution in [2.75, 3.05) is 5.32 Å². The highest BCUT2D eigenvalue weighted by atomic mass is 79.9. The Bertz CT molecular complexity index is 823. The van der Waals surface area contributed by atoms with Gasteiger partial charge >= 0.3 is 0 Å². The third kappa shape index (κ3) is 3.01. The predicted octanol–water partition coefficient (Wildman–Crippen LogP) is 4.80. The smallest absolute Gasteiger partial charge is 0.232 e. The zero-order valence-electron chi connectivity index (χ0n) is 14.6. The molecule has 2 atom stereocenters. The molecule has 1 aromatic carbocycles. The summed E-state index contributed by atoms with van der Waals surface area (Å²) < 4.78 is 0.189. The molecule has 0 spiro atoms. The summed E-state index contributed by atoms with van der Waals surface area (Å²) in [5.74, 6) is 1.56. The van der Waals surface area contributed by atoms with Gasteiger partial charge in [0.1, 0.15) is 5.01 Å². The number of hydrogen-bond donors (Lipinski definition) is 1. The number of nitrogens with one attached hydrogen (secondary N) is 1. The molecule has 6 heteroatoms. The van der Waals surface area contributed by atoms with E-state index in [0.29, 0.717) is 17.0 Å². The van der Waals surface area contributed by atoms with Crippen LogP contribution >= 0.6 is 27.3 Å². The van der Waals surface area contributed by atoms with Crippen LogP contribution in [0.5, 0.6) is 0 Å². The van der Waals surface area contributed by atoms with Crippen LogP contribution in [-0.4, -0.2) is 20.4 Å². The molecule has 1 heterocycles. The number of rotatable bonds is 4. The average Bonchev–Trinajstić information content (AvgIpc) is 3.00. The van der Waals surface area contributed by atoms with Crippen molar-refractivity contribution in [1.82, 2.24) is 10.2 Å². The van der Waals surface area contributed by atoms with Crippen molar-refractivity contribution in [3.8, 4) is 0 Å². The summed E-state index contributed by atoms with van der Waals surface area (Å²) in [6, 6.07) is 10.2. The van der Waals surface area contributed by atoms with Crippen LogP contribution in [0.1, 0.15) is 49.1 Å². The van der Waals surface area contributed by atoms with Gasteiger partial charge in [0.05, 0.1) is 5.41 Å². The fourth-order valence-electron chi connectivity index (χ4n) is 5.79. The molecule has 26 heavy (non-hydrogen) atoms. The largest absolute Gasteiger partial charge is 0.300 e. The van der Waals surface area contributed by atoms with Gasteiger partial charge in [0.2, 0.25) is 11.0 Å². The molecule has 1 N–H and O–H groups in total. The van der Waals surface area contributed by atoms with Gasteiger partial charge in [-0.25, -0.2) is 0 Å². The molecule has 4 aliphatic rings. The SMILES string of the molecule is O=C(Nc1nnc(Cc2ccccc2)s1)C12CC3CC(CC(Br)(C3)C1)C2. The van der Waals surface area contributed by atoms with E-state index in [1.807, 2.05) is 18.2 Å². The van der Waals surface area contributed by atoms with Crippen LogP contribution < -0.4 is 5.32 Å². The number of carbonyl (C=O) groups is 1. The minimum atomic E-state index is -0.209. The first-order valence-corrected chi connectivity index (χ1v) is 11.0. The van der Waals surface area contributed by atoms with Crippen LogP contribution in [0.3, 0.4) is 0 Å². The topological polar surface area (TPSA) is 54.9 Å². The van der Waals surface area contributed by atoms with E-state index in [1.54, 1.807) is 0 Å². The van der Waals surface area contributed by atoms with E-state index < -0.39 is 0 Å². The summed E-state index contributed by atoms with van der Waals surface area (Å²) in [6.45, 7) is 0. The number of anilines is 1. The second kappa shape index (κ2) is 6.13. The van der Waals surface area contributed by atoms with Gasteiger partial charge in [0, 0.05) is 10.7 Å². The van der Waals surface area contributed by atoms with Crippen molar-refractivity contribution in [2.24, 2.45) is 17.3 Å². The van der Waals surface area contributed by atoms with Crippen LogP contribution in [0.4, 0.5) is 5.13 Å². The Morgan fingerprint density at radius 1 is 1.15 bits per heavy atom. The van der Waals surface area contributed by atoms with E-state index in [4.69, 9.17) is 0 Å². The van der Waals surface area contributed by atoms with E-state index in [9.17, 15) is 4.79 Å². The molecule has 4 fully saturated rings. The monoisotopic (exact) mass is 431 g/mol. The van der Waals surface area contributed by atoms with E-state index in [1.165, 1.54) is 36.2 Å². The van der Waals surface area contributed by atoms with Crippen LogP contribution in [0.15, 0.2) is 30.3 Å². The summed E-state index contributed by atoms with van der Waals surface area (Å²) >= 11 is 5.48. The number of aromatic nitrogens is 2. The van der Waals surface area contributed by atoms with Crippen LogP contribution in [0.25, 0.3) is 0 Å². The molecule has 4 bridgehead atoms. The summed E-state index contributed by atoms with van der Waals surface area (Å²) in [7, 11) is 0. The van der Waals surface area contributed by atoms with Crippen molar-refractivity contribution in [3.63, 3.8) is 0 Å². The highest BCUT2D eigenvalue weighted by molar-refractivity contribution is 9.10. The molecular weight excluding hydrogens is 410 g/mol. The lowest BCUT2D eigenvalue weighted by Gasteiger charge is -2.59. The van der Waals surface area contributed by atoms with Crippen molar-refractivity contribution < 1.29 is 4.79 Å². The number of amides is 1. The maximum Gasteiger partial charge on any atom is 0.232 e. The standard InChI is InChI=1S/C20H22BrN3OS/c21-20-10-14-6-15(11-20)9-19(8-14,12-20)17(25)22-18-24-23-16(26-18)7-13-4-2-1-3-5-13/h1-5,14-15H,6-12H2,(H,22,24,25). The second-order valence-corrected chi connectivity index (χ2v) is 11.3. The summed E-state index contributed by atoms with van der Waals surface area (Å²) in [4.78, 5) is 13.2. The second-order valence-electron chi connectivity index (χ2n) is 8.51. The van der Waals surface area contributed by atoms with Gasteiger partial charge < -0.3 is 5.32 Å². The number of carbonyl (C=O) groups excluding carboxylic acids is 1. The summed E-state index contributed by atoms with van der Waals surface area (Å²) in [6.07, 6.45) is 7.58. The lowest BCUT2D eigenvalue weighted by atomic mass is 9.49. The molecule has 136 valence electrons. The zero-order chi connectivity index (χ0) is 17.8. The van der Waals surface area contributed by atoms with Crippen molar-refractivity contribution in [1.29, 1.82) is 0 Å². The molecule has 4 saturated carbocycles. The fraction of sp³-hybridized carbons (Fsp3) is 0.550. The van der Waals surface area contributed by atoms with Gasteiger partial charge in [-0.3, -0.25) is 4.79 Å². The quantitative estimate of drug-likeness (QED) is 0.707.